The first-order chi connectivity index (χ1) is 14.3. The minimum Gasteiger partial charge on any atom is -0.491 e. The number of nitrogens with zero attached hydrogens (tertiary/aromatic N) is 1. The molecule has 0 aliphatic carbocycles. The zero-order valence-electron chi connectivity index (χ0n) is 18.7. The fourth-order valence-corrected chi connectivity index (χ4v) is 3.11. The van der Waals surface area contributed by atoms with Gasteiger partial charge in [-0.2, -0.15) is 5.26 Å². The Morgan fingerprint density at radius 3 is 2.03 bits per heavy atom. The quantitative estimate of drug-likeness (QED) is 0.248. The van der Waals surface area contributed by atoms with E-state index in [0.29, 0.717) is 19.6 Å². The molecule has 1 aromatic carbocycles. The van der Waals surface area contributed by atoms with Gasteiger partial charge in [0.15, 0.2) is 0 Å². The second-order valence-electron chi connectivity index (χ2n) is 7.69. The fourth-order valence-electron chi connectivity index (χ4n) is 3.11. The maximum atomic E-state index is 8.77. The Kier molecular flexibility index (Phi) is 16.2. The summed E-state index contributed by atoms with van der Waals surface area (Å²) in [4.78, 5) is 0. The van der Waals surface area contributed by atoms with Crippen molar-refractivity contribution in [1.82, 2.24) is 0 Å². The smallest absolute Gasteiger partial charge is 0.119 e. The van der Waals surface area contributed by atoms with Crippen molar-refractivity contribution in [1.29, 1.82) is 5.26 Å². The van der Waals surface area contributed by atoms with Gasteiger partial charge in [0.25, 0.3) is 0 Å². The Balaban J connectivity index is 2.33. The Hall–Kier alpha value is -1.57. The Morgan fingerprint density at radius 2 is 1.41 bits per heavy atom. The highest BCUT2D eigenvalue weighted by atomic mass is 16.6. The molecule has 0 bridgehead atoms. The molecule has 0 saturated carbocycles. The van der Waals surface area contributed by atoms with Gasteiger partial charge in [0.05, 0.1) is 19.1 Å². The average molecular weight is 404 g/mol. The van der Waals surface area contributed by atoms with Gasteiger partial charge in [-0.25, -0.2) is 0 Å². The molecule has 29 heavy (non-hydrogen) atoms. The van der Waals surface area contributed by atoms with E-state index in [4.69, 9.17) is 19.5 Å². The van der Waals surface area contributed by atoms with Crippen molar-refractivity contribution < 1.29 is 14.2 Å². The van der Waals surface area contributed by atoms with Crippen molar-refractivity contribution in [3.05, 3.63) is 29.8 Å². The molecular formula is C25H41NO3. The van der Waals surface area contributed by atoms with Crippen molar-refractivity contribution in [3.8, 4) is 11.8 Å². The topological polar surface area (TPSA) is 51.5 Å². The monoisotopic (exact) mass is 403 g/mol. The van der Waals surface area contributed by atoms with Gasteiger partial charge in [0.2, 0.25) is 0 Å². The number of nitriles is 1. The van der Waals surface area contributed by atoms with Crippen molar-refractivity contribution in [2.45, 2.75) is 90.6 Å². The Bertz CT molecular complexity index is 524. The molecule has 0 aliphatic heterocycles. The van der Waals surface area contributed by atoms with Gasteiger partial charge in [0.1, 0.15) is 18.5 Å². The second-order valence-corrected chi connectivity index (χ2v) is 7.69. The first kappa shape index (κ1) is 25.5. The van der Waals surface area contributed by atoms with Crippen LogP contribution >= 0.6 is 0 Å². The fraction of sp³-hybridized carbons (Fsp3) is 0.720. The number of hydrogen-bond acceptors (Lipinski definition) is 4. The number of rotatable bonds is 19. The van der Waals surface area contributed by atoms with Crippen LogP contribution in [0.4, 0.5) is 0 Å². The summed E-state index contributed by atoms with van der Waals surface area (Å²) in [6.07, 6.45) is 12.8. The van der Waals surface area contributed by atoms with E-state index >= 15 is 0 Å². The van der Waals surface area contributed by atoms with Crippen LogP contribution in [-0.2, 0) is 15.9 Å². The summed E-state index contributed by atoms with van der Waals surface area (Å²) in [5.74, 6) is 0.808. The predicted octanol–water partition coefficient (Wildman–Crippen LogP) is 6.47. The highest BCUT2D eigenvalue weighted by molar-refractivity contribution is 5.28. The van der Waals surface area contributed by atoms with E-state index in [-0.39, 0.29) is 6.10 Å². The molecule has 0 N–H and O–H groups in total. The molecule has 1 unspecified atom stereocenters. The van der Waals surface area contributed by atoms with E-state index in [1.165, 1.54) is 51.4 Å². The molecule has 0 heterocycles. The summed E-state index contributed by atoms with van der Waals surface area (Å²) in [6, 6.07) is 9.88. The number of ether oxygens (including phenoxy) is 3. The molecule has 1 rings (SSSR count). The highest BCUT2D eigenvalue weighted by Gasteiger charge is 2.11. The third-order valence-corrected chi connectivity index (χ3v) is 4.94. The predicted molar refractivity (Wildman–Crippen MR) is 119 cm³/mol. The van der Waals surface area contributed by atoms with Crippen LogP contribution in [0.3, 0.4) is 0 Å². The van der Waals surface area contributed by atoms with Crippen molar-refractivity contribution in [3.63, 3.8) is 0 Å². The van der Waals surface area contributed by atoms with Crippen LogP contribution in [0.15, 0.2) is 24.3 Å². The largest absolute Gasteiger partial charge is 0.491 e. The van der Waals surface area contributed by atoms with Gasteiger partial charge in [-0.1, -0.05) is 77.3 Å². The van der Waals surface area contributed by atoms with Crippen molar-refractivity contribution >= 4 is 0 Å². The standard InChI is InChI=1S/C25H41NO3/c1-3-5-7-9-11-19-27-21-25(28-20-12-10-8-6-4-2)22-29-24-15-13-23(14-16-24)17-18-26/h13-16,25H,3-12,17,19-22H2,1-2H3. The number of hydrogen-bond donors (Lipinski definition) is 0. The normalized spacial score (nSPS) is 11.9. The lowest BCUT2D eigenvalue weighted by molar-refractivity contribution is -0.0389. The van der Waals surface area contributed by atoms with E-state index in [9.17, 15) is 0 Å². The summed E-state index contributed by atoms with van der Waals surface area (Å²) in [5, 5.41) is 8.77. The molecule has 0 radical (unpaired) electrons. The molecule has 0 spiro atoms. The molecule has 4 nitrogen and oxygen atoms in total. The van der Waals surface area contributed by atoms with Crippen LogP contribution < -0.4 is 4.74 Å². The molecule has 1 atom stereocenters. The zero-order chi connectivity index (χ0) is 21.0. The van der Waals surface area contributed by atoms with E-state index in [1.807, 2.05) is 24.3 Å². The minimum atomic E-state index is -0.0457. The third-order valence-electron chi connectivity index (χ3n) is 4.94. The van der Waals surface area contributed by atoms with E-state index < -0.39 is 0 Å². The zero-order valence-corrected chi connectivity index (χ0v) is 18.7. The molecular weight excluding hydrogens is 362 g/mol. The van der Waals surface area contributed by atoms with Gasteiger partial charge in [0, 0.05) is 13.2 Å². The van der Waals surface area contributed by atoms with Gasteiger partial charge >= 0.3 is 0 Å². The number of unbranched alkanes of at least 4 members (excludes halogenated alkanes) is 8. The van der Waals surface area contributed by atoms with Crippen LogP contribution in [0.5, 0.6) is 5.75 Å². The lowest BCUT2D eigenvalue weighted by Gasteiger charge is -2.19. The Morgan fingerprint density at radius 1 is 0.793 bits per heavy atom. The highest BCUT2D eigenvalue weighted by Crippen LogP contribution is 2.14. The lowest BCUT2D eigenvalue weighted by Crippen LogP contribution is -2.28. The van der Waals surface area contributed by atoms with Crippen LogP contribution in [0, 0.1) is 11.3 Å². The van der Waals surface area contributed by atoms with Crippen LogP contribution in [0.25, 0.3) is 0 Å². The number of benzene rings is 1. The summed E-state index contributed by atoms with van der Waals surface area (Å²) >= 11 is 0. The van der Waals surface area contributed by atoms with Gasteiger partial charge in [-0.15, -0.1) is 0 Å². The SMILES string of the molecule is CCCCCCCOCC(COc1ccc(CC#N)cc1)OCCCCCCC. The van der Waals surface area contributed by atoms with Crippen molar-refractivity contribution in [2.75, 3.05) is 26.4 Å². The van der Waals surface area contributed by atoms with Gasteiger partial charge < -0.3 is 14.2 Å². The van der Waals surface area contributed by atoms with E-state index in [0.717, 1.165) is 37.4 Å². The lowest BCUT2D eigenvalue weighted by atomic mass is 10.2. The summed E-state index contributed by atoms with van der Waals surface area (Å²) in [7, 11) is 0. The second kappa shape index (κ2) is 18.5. The van der Waals surface area contributed by atoms with E-state index in [1.54, 1.807) is 0 Å². The minimum absolute atomic E-state index is 0.0457. The molecule has 0 amide bonds. The molecule has 1 aromatic rings. The summed E-state index contributed by atoms with van der Waals surface area (Å²) in [6.45, 7) is 7.09. The first-order valence-corrected chi connectivity index (χ1v) is 11.6. The molecule has 0 aromatic heterocycles. The van der Waals surface area contributed by atoms with Crippen LogP contribution in [0.2, 0.25) is 0 Å². The third kappa shape index (κ3) is 14.1. The van der Waals surface area contributed by atoms with E-state index in [2.05, 4.69) is 19.9 Å². The Labute approximate surface area is 178 Å². The molecule has 0 fully saturated rings. The first-order valence-electron chi connectivity index (χ1n) is 11.6. The van der Waals surface area contributed by atoms with Crippen LogP contribution in [0.1, 0.15) is 83.6 Å². The molecule has 0 saturated heterocycles. The summed E-state index contributed by atoms with van der Waals surface area (Å²) < 4.78 is 17.8. The molecule has 0 aliphatic rings. The molecule has 164 valence electrons. The van der Waals surface area contributed by atoms with Crippen molar-refractivity contribution in [2.24, 2.45) is 0 Å². The van der Waals surface area contributed by atoms with Gasteiger partial charge in [-0.05, 0) is 30.5 Å². The summed E-state index contributed by atoms with van der Waals surface area (Å²) in [5.41, 5.74) is 1.01. The maximum Gasteiger partial charge on any atom is 0.119 e. The average Bonchev–Trinajstić information content (AvgIpc) is 2.74. The maximum absolute atomic E-state index is 8.77. The van der Waals surface area contributed by atoms with Crippen LogP contribution in [-0.4, -0.2) is 32.5 Å². The van der Waals surface area contributed by atoms with Gasteiger partial charge in [-0.3, -0.25) is 0 Å². The molecule has 4 heteroatoms.